The summed E-state index contributed by atoms with van der Waals surface area (Å²) in [6, 6.07) is 10.3. The summed E-state index contributed by atoms with van der Waals surface area (Å²) in [7, 11) is 0. The van der Waals surface area contributed by atoms with Gasteiger partial charge in [-0.15, -0.1) is 11.3 Å². The summed E-state index contributed by atoms with van der Waals surface area (Å²) in [4.78, 5) is 33.5. The number of nitrogens with zero attached hydrogens (tertiary/aromatic N) is 2. The highest BCUT2D eigenvalue weighted by atomic mass is 35.5. The van der Waals surface area contributed by atoms with Gasteiger partial charge in [-0.2, -0.15) is 13.2 Å². The van der Waals surface area contributed by atoms with Crippen molar-refractivity contribution in [3.05, 3.63) is 74.9 Å². The van der Waals surface area contributed by atoms with Gasteiger partial charge in [0.05, 0.1) is 32.1 Å². The molecule has 0 radical (unpaired) electrons. The molecule has 1 aliphatic carbocycles. The zero-order chi connectivity index (χ0) is 25.8. The van der Waals surface area contributed by atoms with Crippen molar-refractivity contribution in [2.24, 2.45) is 11.8 Å². The number of aromatic nitrogens is 1. The second kappa shape index (κ2) is 9.19. The number of fused-ring (bicyclic) bond motifs is 1. The van der Waals surface area contributed by atoms with Gasteiger partial charge in [-0.3, -0.25) is 9.59 Å². The number of benzene rings is 2. The Morgan fingerprint density at radius 2 is 1.97 bits per heavy atom. The molecule has 1 N–H and O–H groups in total. The number of thiazole rings is 1. The van der Waals surface area contributed by atoms with Crippen molar-refractivity contribution in [3.63, 3.8) is 0 Å². The van der Waals surface area contributed by atoms with Gasteiger partial charge in [0.2, 0.25) is 0 Å². The van der Waals surface area contributed by atoms with Crippen molar-refractivity contribution in [3.8, 4) is 10.4 Å². The van der Waals surface area contributed by atoms with Crippen LogP contribution in [0.5, 0.6) is 0 Å². The quantitative estimate of drug-likeness (QED) is 0.438. The first-order valence-electron chi connectivity index (χ1n) is 11.5. The molecule has 188 valence electrons. The standard InChI is InChI=1S/C26H23ClF3N3O2S/c1-13-4-3-5-15(8-13)23-22(32-14(2)36-23)25(35)33-12-16-9-18(16)21(33)11-31-24(34)19-10-17(26(28,29)30)6-7-20(19)27/h3-8,10,16,18,21H,9,11-12H2,1-2H3,(H,31,34). The van der Waals surface area contributed by atoms with E-state index in [1.165, 1.54) is 11.3 Å². The average Bonchev–Trinajstić information content (AvgIpc) is 3.33. The van der Waals surface area contributed by atoms with Crippen LogP contribution < -0.4 is 5.32 Å². The Bertz CT molecular complexity index is 1360. The molecule has 2 aliphatic rings. The van der Waals surface area contributed by atoms with Crippen LogP contribution in [0.2, 0.25) is 5.02 Å². The van der Waals surface area contributed by atoms with Crippen LogP contribution in [0.1, 0.15) is 43.4 Å². The fourth-order valence-corrected chi connectivity index (χ4v) is 6.03. The molecule has 1 aliphatic heterocycles. The third-order valence-electron chi connectivity index (χ3n) is 6.79. The topological polar surface area (TPSA) is 62.3 Å². The van der Waals surface area contributed by atoms with Gasteiger partial charge in [0.1, 0.15) is 5.69 Å². The number of hydrogen-bond donors (Lipinski definition) is 1. The molecule has 5 rings (SSSR count). The fourth-order valence-electron chi connectivity index (χ4n) is 4.92. The number of piperidine rings is 1. The normalized spacial score (nSPS) is 20.8. The second-order valence-electron chi connectivity index (χ2n) is 9.37. The number of halogens is 4. The minimum Gasteiger partial charge on any atom is -0.350 e. The minimum absolute atomic E-state index is 0.0649. The van der Waals surface area contributed by atoms with Crippen LogP contribution in [0, 0.1) is 25.7 Å². The van der Waals surface area contributed by atoms with E-state index in [-0.39, 0.29) is 35.0 Å². The van der Waals surface area contributed by atoms with Crippen LogP contribution in [0.15, 0.2) is 42.5 Å². The van der Waals surface area contributed by atoms with E-state index in [0.717, 1.165) is 45.6 Å². The van der Waals surface area contributed by atoms with E-state index < -0.39 is 17.6 Å². The molecular formula is C26H23ClF3N3O2S. The number of carbonyl (C=O) groups is 2. The molecular weight excluding hydrogens is 511 g/mol. The molecule has 1 saturated heterocycles. The van der Waals surface area contributed by atoms with Gasteiger partial charge in [0.25, 0.3) is 11.8 Å². The van der Waals surface area contributed by atoms with Crippen LogP contribution in [0.3, 0.4) is 0 Å². The van der Waals surface area contributed by atoms with E-state index in [1.807, 2.05) is 38.1 Å². The van der Waals surface area contributed by atoms with E-state index in [1.54, 1.807) is 4.90 Å². The molecule has 3 aromatic rings. The Morgan fingerprint density at radius 1 is 1.19 bits per heavy atom. The Morgan fingerprint density at radius 3 is 2.69 bits per heavy atom. The maximum atomic E-state index is 13.7. The largest absolute Gasteiger partial charge is 0.416 e. The third kappa shape index (κ3) is 4.74. The summed E-state index contributed by atoms with van der Waals surface area (Å²) >= 11 is 7.48. The van der Waals surface area contributed by atoms with Gasteiger partial charge in [-0.1, -0.05) is 41.4 Å². The SMILES string of the molecule is Cc1cccc(-c2sc(C)nc2C(=O)N2CC3CC3C2CNC(=O)c2cc(C(F)(F)F)ccc2Cl)c1. The van der Waals surface area contributed by atoms with E-state index >= 15 is 0 Å². The number of carbonyl (C=O) groups excluding carboxylic acids is 2. The molecule has 3 unspecified atom stereocenters. The summed E-state index contributed by atoms with van der Waals surface area (Å²) in [5, 5.41) is 3.43. The summed E-state index contributed by atoms with van der Waals surface area (Å²) in [6.45, 7) is 4.54. The van der Waals surface area contributed by atoms with Crippen molar-refractivity contribution >= 4 is 34.8 Å². The first-order valence-corrected chi connectivity index (χ1v) is 12.7. The minimum atomic E-state index is -4.59. The molecule has 3 atom stereocenters. The zero-order valence-electron chi connectivity index (χ0n) is 19.5. The first kappa shape index (κ1) is 24.8. The first-order chi connectivity index (χ1) is 17.0. The molecule has 5 nitrogen and oxygen atoms in total. The van der Waals surface area contributed by atoms with Crippen LogP contribution in [0.25, 0.3) is 10.4 Å². The number of likely N-dealkylation sites (tertiary alicyclic amines) is 1. The number of alkyl halides is 3. The number of hydrogen-bond acceptors (Lipinski definition) is 4. The fraction of sp³-hybridized carbons (Fsp3) is 0.346. The maximum absolute atomic E-state index is 13.7. The van der Waals surface area contributed by atoms with Gasteiger partial charge in [0.15, 0.2) is 0 Å². The molecule has 2 heterocycles. The van der Waals surface area contributed by atoms with Crippen molar-refractivity contribution in [1.29, 1.82) is 0 Å². The van der Waals surface area contributed by atoms with E-state index in [4.69, 9.17) is 11.6 Å². The van der Waals surface area contributed by atoms with Gasteiger partial charge >= 0.3 is 6.18 Å². The highest BCUT2D eigenvalue weighted by Gasteiger charge is 2.54. The molecule has 2 aromatic carbocycles. The molecule has 10 heteroatoms. The average molecular weight is 534 g/mol. The summed E-state index contributed by atoms with van der Waals surface area (Å²) in [5.74, 6) is -0.296. The van der Waals surface area contributed by atoms with Crippen LogP contribution in [0.4, 0.5) is 13.2 Å². The Labute approximate surface area is 215 Å². The van der Waals surface area contributed by atoms with Crippen molar-refractivity contribution in [2.45, 2.75) is 32.5 Å². The Hall–Kier alpha value is -2.91. The van der Waals surface area contributed by atoms with Crippen molar-refractivity contribution < 1.29 is 22.8 Å². The molecule has 1 aromatic heterocycles. The Balaban J connectivity index is 1.35. The zero-order valence-corrected chi connectivity index (χ0v) is 21.1. The lowest BCUT2D eigenvalue weighted by molar-refractivity contribution is -0.137. The van der Waals surface area contributed by atoms with E-state index in [0.29, 0.717) is 18.2 Å². The Kier molecular flexibility index (Phi) is 6.32. The monoisotopic (exact) mass is 533 g/mol. The number of nitrogens with one attached hydrogen (secondary N) is 1. The molecule has 36 heavy (non-hydrogen) atoms. The summed E-state index contributed by atoms with van der Waals surface area (Å²) < 4.78 is 39.3. The van der Waals surface area contributed by atoms with E-state index in [9.17, 15) is 22.8 Å². The van der Waals surface area contributed by atoms with Crippen LogP contribution >= 0.6 is 22.9 Å². The smallest absolute Gasteiger partial charge is 0.350 e. The third-order valence-corrected chi connectivity index (χ3v) is 8.14. The lowest BCUT2D eigenvalue weighted by Gasteiger charge is -2.27. The van der Waals surface area contributed by atoms with Gasteiger partial charge < -0.3 is 10.2 Å². The molecule has 2 amide bonds. The summed E-state index contributed by atoms with van der Waals surface area (Å²) in [5.41, 5.74) is 1.21. The van der Waals surface area contributed by atoms with Crippen molar-refractivity contribution in [1.82, 2.24) is 15.2 Å². The number of amides is 2. The number of rotatable bonds is 5. The predicted molar refractivity (Wildman–Crippen MR) is 132 cm³/mol. The molecule has 0 spiro atoms. The van der Waals surface area contributed by atoms with Gasteiger partial charge in [-0.05, 0) is 55.9 Å². The lowest BCUT2D eigenvalue weighted by Crippen LogP contribution is -2.45. The van der Waals surface area contributed by atoms with Gasteiger partial charge in [0, 0.05) is 13.1 Å². The highest BCUT2D eigenvalue weighted by Crippen LogP contribution is 2.50. The van der Waals surface area contributed by atoms with Gasteiger partial charge in [-0.25, -0.2) is 4.98 Å². The summed E-state index contributed by atoms with van der Waals surface area (Å²) in [6.07, 6.45) is -3.63. The van der Waals surface area contributed by atoms with Crippen LogP contribution in [-0.4, -0.2) is 40.8 Å². The second-order valence-corrected chi connectivity index (χ2v) is 11.0. The molecule has 0 bridgehead atoms. The highest BCUT2D eigenvalue weighted by molar-refractivity contribution is 7.15. The lowest BCUT2D eigenvalue weighted by atomic mass is 10.1. The van der Waals surface area contributed by atoms with Crippen molar-refractivity contribution in [2.75, 3.05) is 13.1 Å². The maximum Gasteiger partial charge on any atom is 0.416 e. The molecule has 2 fully saturated rings. The predicted octanol–water partition coefficient (Wildman–Crippen LogP) is 5.99. The van der Waals surface area contributed by atoms with E-state index in [2.05, 4.69) is 10.3 Å². The number of aryl methyl sites for hydroxylation is 2. The molecule has 1 saturated carbocycles. The van der Waals surface area contributed by atoms with Crippen LogP contribution in [-0.2, 0) is 6.18 Å².